The van der Waals surface area contributed by atoms with Crippen LogP contribution in [0.5, 0.6) is 0 Å². The number of anilines is 1. The fourth-order valence-electron chi connectivity index (χ4n) is 3.99. The predicted molar refractivity (Wildman–Crippen MR) is 110 cm³/mol. The van der Waals surface area contributed by atoms with Gasteiger partial charge in [0.05, 0.1) is 41.8 Å². The molecular weight excluding hydrogens is 480 g/mol. The summed E-state index contributed by atoms with van der Waals surface area (Å²) < 4.78 is 81.2. The Morgan fingerprint density at radius 3 is 2.46 bits per heavy atom. The maximum absolute atomic E-state index is 14.5. The number of hydrogen-bond donors (Lipinski definition) is 1. The van der Waals surface area contributed by atoms with Crippen molar-refractivity contribution in [1.82, 2.24) is 29.9 Å². The number of nitrogens with zero attached hydrogens (tertiary/aromatic N) is 6. The van der Waals surface area contributed by atoms with Gasteiger partial charge in [-0.3, -0.25) is 4.79 Å². The number of alkyl halides is 5. The summed E-state index contributed by atoms with van der Waals surface area (Å²) in [6, 6.07) is 2.44. The lowest BCUT2D eigenvalue weighted by Crippen LogP contribution is -2.57. The van der Waals surface area contributed by atoms with Gasteiger partial charge in [-0.2, -0.15) is 28.2 Å². The topological polar surface area (TPSA) is 88.8 Å². The number of amides is 1. The van der Waals surface area contributed by atoms with E-state index >= 15 is 0 Å². The molecule has 0 aliphatic carbocycles. The normalized spacial score (nSPS) is 20.0. The van der Waals surface area contributed by atoms with Crippen LogP contribution in [0.1, 0.15) is 29.3 Å². The molecule has 4 rings (SSSR count). The van der Waals surface area contributed by atoms with Crippen LogP contribution in [-0.4, -0.2) is 60.8 Å². The Bertz CT molecular complexity index is 1180. The van der Waals surface area contributed by atoms with Crippen LogP contribution in [0, 0.1) is 11.7 Å². The Morgan fingerprint density at radius 1 is 1.17 bits per heavy atom. The van der Waals surface area contributed by atoms with E-state index in [0.29, 0.717) is 12.4 Å². The minimum absolute atomic E-state index is 0.0979. The summed E-state index contributed by atoms with van der Waals surface area (Å²) in [6.45, 7) is 0.465. The molecule has 35 heavy (non-hydrogen) atoms. The molecule has 186 valence electrons. The second-order valence-electron chi connectivity index (χ2n) is 8.19. The van der Waals surface area contributed by atoms with E-state index in [1.165, 1.54) is 25.4 Å². The predicted octanol–water partition coefficient (Wildman–Crippen LogP) is 3.81. The van der Waals surface area contributed by atoms with Gasteiger partial charge in [0.15, 0.2) is 0 Å². The molecule has 8 nitrogen and oxygen atoms in total. The van der Waals surface area contributed by atoms with Crippen LogP contribution < -0.4 is 5.32 Å². The minimum atomic E-state index is -4.61. The number of aromatic nitrogens is 5. The van der Waals surface area contributed by atoms with E-state index in [-0.39, 0.29) is 23.7 Å². The zero-order valence-electron chi connectivity index (χ0n) is 18.2. The molecule has 0 saturated carbocycles. The Labute approximate surface area is 195 Å². The number of piperidine rings is 1. The first kappa shape index (κ1) is 24.4. The number of carbonyl (C=O) groups excluding carboxylic acids is 1. The first-order valence-electron chi connectivity index (χ1n) is 10.4. The molecular formula is C21H19F6N7O. The zero-order valence-corrected chi connectivity index (χ0v) is 18.2. The molecule has 2 atom stereocenters. The van der Waals surface area contributed by atoms with E-state index in [0.717, 1.165) is 21.8 Å². The Morgan fingerprint density at radius 2 is 1.83 bits per heavy atom. The molecule has 1 amide bonds. The van der Waals surface area contributed by atoms with Crippen molar-refractivity contribution in [3.63, 3.8) is 0 Å². The average molecular weight is 499 g/mol. The highest BCUT2D eigenvalue weighted by Gasteiger charge is 2.46. The zero-order chi connectivity index (χ0) is 25.4. The maximum Gasteiger partial charge on any atom is 0.419 e. The second kappa shape index (κ2) is 9.15. The number of halogens is 6. The highest BCUT2D eigenvalue weighted by molar-refractivity contribution is 5.98. The van der Waals surface area contributed by atoms with Crippen LogP contribution in [0.25, 0.3) is 5.69 Å². The summed E-state index contributed by atoms with van der Waals surface area (Å²) in [6.07, 6.45) is -1.28. The maximum atomic E-state index is 14.5. The van der Waals surface area contributed by atoms with Gasteiger partial charge in [-0.15, -0.1) is 0 Å². The van der Waals surface area contributed by atoms with Gasteiger partial charge in [-0.05, 0) is 24.1 Å². The lowest BCUT2D eigenvalue weighted by atomic mass is 9.87. The van der Waals surface area contributed by atoms with Crippen molar-refractivity contribution in [2.24, 2.45) is 5.92 Å². The van der Waals surface area contributed by atoms with Crippen LogP contribution in [0.15, 0.2) is 43.0 Å². The van der Waals surface area contributed by atoms with Gasteiger partial charge in [-0.1, -0.05) is 6.92 Å². The van der Waals surface area contributed by atoms with Gasteiger partial charge in [-0.25, -0.2) is 23.1 Å². The standard InChI is InChI=1S/C21H19F6N7O/c1-12-7-20(23,24)11-33(17(12)10-30-19-28-8-13(9-29-19)21(25,26)27)18(35)15-6-14(22)2-3-16(15)34-31-4-5-32-34/h2-6,8-9,12,17H,7,10-11H2,1H3,(H,28,29,30)/t12-,17-/m1/s1. The van der Waals surface area contributed by atoms with E-state index in [1.807, 2.05) is 0 Å². The third-order valence-electron chi connectivity index (χ3n) is 5.61. The Kier molecular flexibility index (Phi) is 6.38. The summed E-state index contributed by atoms with van der Waals surface area (Å²) >= 11 is 0. The summed E-state index contributed by atoms with van der Waals surface area (Å²) in [7, 11) is 0. The van der Waals surface area contributed by atoms with Gasteiger partial charge < -0.3 is 10.2 Å². The van der Waals surface area contributed by atoms with Crippen molar-refractivity contribution >= 4 is 11.9 Å². The van der Waals surface area contributed by atoms with Gasteiger partial charge >= 0.3 is 6.18 Å². The molecule has 1 aliphatic heterocycles. The molecule has 0 unspecified atom stereocenters. The number of rotatable bonds is 5. The highest BCUT2D eigenvalue weighted by Crippen LogP contribution is 2.36. The van der Waals surface area contributed by atoms with Crippen LogP contribution >= 0.6 is 0 Å². The lowest BCUT2D eigenvalue weighted by molar-refractivity contribution is -0.138. The van der Waals surface area contributed by atoms with Crippen molar-refractivity contribution < 1.29 is 31.1 Å². The quantitative estimate of drug-likeness (QED) is 0.538. The molecule has 0 radical (unpaired) electrons. The molecule has 3 aromatic rings. The second-order valence-corrected chi connectivity index (χ2v) is 8.19. The van der Waals surface area contributed by atoms with E-state index in [9.17, 15) is 31.1 Å². The van der Waals surface area contributed by atoms with Crippen molar-refractivity contribution in [3.05, 3.63) is 59.9 Å². The molecule has 1 N–H and O–H groups in total. The van der Waals surface area contributed by atoms with Crippen molar-refractivity contribution in [2.45, 2.75) is 31.5 Å². The van der Waals surface area contributed by atoms with Gasteiger partial charge in [0.1, 0.15) is 5.82 Å². The summed E-state index contributed by atoms with van der Waals surface area (Å²) in [5.41, 5.74) is -1.17. The number of likely N-dealkylation sites (tertiary alicyclic amines) is 1. The van der Waals surface area contributed by atoms with E-state index in [4.69, 9.17) is 0 Å². The van der Waals surface area contributed by atoms with Crippen molar-refractivity contribution in [3.8, 4) is 5.69 Å². The molecule has 2 aromatic heterocycles. The van der Waals surface area contributed by atoms with Gasteiger partial charge in [0, 0.05) is 25.4 Å². The van der Waals surface area contributed by atoms with E-state index in [2.05, 4.69) is 25.5 Å². The fourth-order valence-corrected chi connectivity index (χ4v) is 3.99. The molecule has 1 fully saturated rings. The minimum Gasteiger partial charge on any atom is -0.352 e. The lowest BCUT2D eigenvalue weighted by Gasteiger charge is -2.43. The number of nitrogens with one attached hydrogen (secondary N) is 1. The monoisotopic (exact) mass is 499 g/mol. The largest absolute Gasteiger partial charge is 0.419 e. The number of carbonyl (C=O) groups is 1. The number of benzene rings is 1. The Balaban J connectivity index is 1.61. The highest BCUT2D eigenvalue weighted by atomic mass is 19.4. The molecule has 0 bridgehead atoms. The summed E-state index contributed by atoms with van der Waals surface area (Å²) in [5.74, 6) is -5.71. The average Bonchev–Trinajstić information content (AvgIpc) is 3.31. The SMILES string of the molecule is C[C@@H]1CC(F)(F)CN(C(=O)c2cc(F)ccc2-n2nccn2)[C@@H]1CNc1ncc(C(F)(F)F)cn1. The van der Waals surface area contributed by atoms with Crippen molar-refractivity contribution in [1.29, 1.82) is 0 Å². The van der Waals surface area contributed by atoms with Crippen molar-refractivity contribution in [2.75, 3.05) is 18.4 Å². The molecule has 1 aromatic carbocycles. The van der Waals surface area contributed by atoms with Crippen LogP contribution in [0.3, 0.4) is 0 Å². The summed E-state index contributed by atoms with van der Waals surface area (Å²) in [4.78, 5) is 22.7. The Hall–Kier alpha value is -3.71. The smallest absolute Gasteiger partial charge is 0.352 e. The van der Waals surface area contributed by atoms with Gasteiger partial charge in [0.25, 0.3) is 11.8 Å². The van der Waals surface area contributed by atoms with Gasteiger partial charge in [0.2, 0.25) is 5.95 Å². The van der Waals surface area contributed by atoms with Crippen LogP contribution in [-0.2, 0) is 6.18 Å². The molecule has 1 aliphatic rings. The van der Waals surface area contributed by atoms with Crippen LogP contribution in [0.2, 0.25) is 0 Å². The molecule has 14 heteroatoms. The third-order valence-corrected chi connectivity index (χ3v) is 5.61. The fraction of sp³-hybridized carbons (Fsp3) is 0.381. The molecule has 3 heterocycles. The molecule has 1 saturated heterocycles. The van der Waals surface area contributed by atoms with Crippen LogP contribution in [0.4, 0.5) is 32.3 Å². The first-order valence-corrected chi connectivity index (χ1v) is 10.4. The van der Waals surface area contributed by atoms with E-state index < -0.39 is 54.3 Å². The first-order chi connectivity index (χ1) is 16.4. The molecule has 0 spiro atoms. The number of hydrogen-bond acceptors (Lipinski definition) is 6. The third kappa shape index (κ3) is 5.35. The summed E-state index contributed by atoms with van der Waals surface area (Å²) in [5, 5.41) is 10.6. The van der Waals surface area contributed by atoms with E-state index in [1.54, 1.807) is 0 Å².